The number of hydrogen-bond donors (Lipinski definition) is 1. The van der Waals surface area contributed by atoms with E-state index in [-0.39, 0.29) is 5.91 Å². The standard InChI is InChI=1S/C23H30N2O5S/c1-29-21-8-6-7-19(23(21)30-2)17-24-22(26)14-11-18-9-12-20(13-10-18)31(27,28)25-15-4-3-5-16-25/h6-10,12-13H,3-5,11,14-17H2,1-2H3,(H,24,26). The van der Waals surface area contributed by atoms with E-state index < -0.39 is 10.0 Å². The third-order valence-corrected chi connectivity index (χ3v) is 7.39. The molecule has 1 N–H and O–H groups in total. The van der Waals surface area contributed by atoms with Crippen molar-refractivity contribution in [3.63, 3.8) is 0 Å². The van der Waals surface area contributed by atoms with Crippen LogP contribution in [0, 0.1) is 0 Å². The van der Waals surface area contributed by atoms with Crippen LogP contribution in [0.3, 0.4) is 0 Å². The van der Waals surface area contributed by atoms with Gasteiger partial charge in [-0.2, -0.15) is 4.31 Å². The van der Waals surface area contributed by atoms with Gasteiger partial charge in [0.1, 0.15) is 0 Å². The molecule has 0 spiro atoms. The summed E-state index contributed by atoms with van der Waals surface area (Å²) in [6.07, 6.45) is 3.75. The maximum atomic E-state index is 12.7. The van der Waals surface area contributed by atoms with Crippen LogP contribution in [-0.2, 0) is 27.8 Å². The van der Waals surface area contributed by atoms with Crippen molar-refractivity contribution in [1.82, 2.24) is 9.62 Å². The Kier molecular flexibility index (Phi) is 7.92. The SMILES string of the molecule is COc1cccc(CNC(=O)CCc2ccc(S(=O)(=O)N3CCCCC3)cc2)c1OC. The second-order valence-electron chi connectivity index (χ2n) is 7.54. The molecular formula is C23H30N2O5S. The fourth-order valence-corrected chi connectivity index (χ4v) is 5.23. The maximum absolute atomic E-state index is 12.7. The van der Waals surface area contributed by atoms with Crippen LogP contribution in [0.5, 0.6) is 11.5 Å². The Morgan fingerprint density at radius 3 is 2.35 bits per heavy atom. The molecule has 0 radical (unpaired) electrons. The fraction of sp³-hybridized carbons (Fsp3) is 0.435. The van der Waals surface area contributed by atoms with Crippen LogP contribution in [-0.4, -0.2) is 45.9 Å². The molecule has 1 aliphatic heterocycles. The number of benzene rings is 2. The van der Waals surface area contributed by atoms with Gasteiger partial charge in [-0.25, -0.2) is 8.42 Å². The smallest absolute Gasteiger partial charge is 0.243 e. The number of nitrogens with zero attached hydrogens (tertiary/aromatic N) is 1. The highest BCUT2D eigenvalue weighted by atomic mass is 32.2. The van der Waals surface area contributed by atoms with Crippen molar-refractivity contribution in [3.8, 4) is 11.5 Å². The second-order valence-corrected chi connectivity index (χ2v) is 9.48. The lowest BCUT2D eigenvalue weighted by atomic mass is 10.1. The molecule has 2 aromatic rings. The van der Waals surface area contributed by atoms with Crippen LogP contribution in [0.25, 0.3) is 0 Å². The van der Waals surface area contributed by atoms with Gasteiger partial charge in [0.25, 0.3) is 0 Å². The quantitative estimate of drug-likeness (QED) is 0.640. The molecule has 0 unspecified atom stereocenters. The molecule has 31 heavy (non-hydrogen) atoms. The molecule has 1 saturated heterocycles. The molecule has 0 atom stereocenters. The average molecular weight is 447 g/mol. The summed E-state index contributed by atoms with van der Waals surface area (Å²) in [5, 5.41) is 2.90. The van der Waals surface area contributed by atoms with Crippen LogP contribution < -0.4 is 14.8 Å². The van der Waals surface area contributed by atoms with E-state index in [1.165, 1.54) is 0 Å². The summed E-state index contributed by atoms with van der Waals surface area (Å²) < 4.78 is 37.7. The number of hydrogen-bond acceptors (Lipinski definition) is 5. The first-order chi connectivity index (χ1) is 15.0. The normalized spacial score (nSPS) is 14.8. The number of piperidine rings is 1. The molecule has 8 heteroatoms. The van der Waals surface area contributed by atoms with Gasteiger partial charge in [-0.05, 0) is 43.0 Å². The second kappa shape index (κ2) is 10.6. The monoisotopic (exact) mass is 446 g/mol. The van der Waals surface area contributed by atoms with Crippen molar-refractivity contribution in [2.45, 2.75) is 43.5 Å². The number of nitrogens with one attached hydrogen (secondary N) is 1. The lowest BCUT2D eigenvalue weighted by Crippen LogP contribution is -2.35. The van der Waals surface area contributed by atoms with E-state index in [0.29, 0.717) is 48.9 Å². The number of para-hydroxylation sites is 1. The predicted octanol–water partition coefficient (Wildman–Crippen LogP) is 3.13. The number of sulfonamides is 1. The van der Waals surface area contributed by atoms with Gasteiger partial charge in [-0.3, -0.25) is 4.79 Å². The maximum Gasteiger partial charge on any atom is 0.243 e. The minimum Gasteiger partial charge on any atom is -0.493 e. The number of amides is 1. The molecule has 1 fully saturated rings. The summed E-state index contributed by atoms with van der Waals surface area (Å²) in [6.45, 7) is 1.51. The molecule has 7 nitrogen and oxygen atoms in total. The topological polar surface area (TPSA) is 84.9 Å². The third kappa shape index (κ3) is 5.77. The number of methoxy groups -OCH3 is 2. The van der Waals surface area contributed by atoms with E-state index in [9.17, 15) is 13.2 Å². The Bertz CT molecular complexity index is 984. The van der Waals surface area contributed by atoms with Crippen LogP contribution in [0.1, 0.15) is 36.8 Å². The number of carbonyl (C=O) groups excluding carboxylic acids is 1. The highest BCUT2D eigenvalue weighted by Gasteiger charge is 2.25. The van der Waals surface area contributed by atoms with Gasteiger partial charge in [0.15, 0.2) is 11.5 Å². The molecular weight excluding hydrogens is 416 g/mol. The van der Waals surface area contributed by atoms with E-state index in [2.05, 4.69) is 5.32 Å². The summed E-state index contributed by atoms with van der Waals surface area (Å²) in [6, 6.07) is 12.4. The largest absolute Gasteiger partial charge is 0.493 e. The van der Waals surface area contributed by atoms with Crippen molar-refractivity contribution >= 4 is 15.9 Å². The lowest BCUT2D eigenvalue weighted by molar-refractivity contribution is -0.121. The van der Waals surface area contributed by atoms with E-state index in [1.54, 1.807) is 48.9 Å². The Hall–Kier alpha value is -2.58. The van der Waals surface area contributed by atoms with Gasteiger partial charge in [0, 0.05) is 31.6 Å². The summed E-state index contributed by atoms with van der Waals surface area (Å²) in [7, 11) is -0.289. The minimum atomic E-state index is -3.43. The lowest BCUT2D eigenvalue weighted by Gasteiger charge is -2.25. The summed E-state index contributed by atoms with van der Waals surface area (Å²) >= 11 is 0. The predicted molar refractivity (Wildman–Crippen MR) is 119 cm³/mol. The zero-order valence-electron chi connectivity index (χ0n) is 18.1. The molecule has 0 aliphatic carbocycles. The fourth-order valence-electron chi connectivity index (χ4n) is 3.72. The minimum absolute atomic E-state index is 0.0881. The third-order valence-electron chi connectivity index (χ3n) is 5.48. The Morgan fingerprint density at radius 1 is 1.00 bits per heavy atom. The van der Waals surface area contributed by atoms with Crippen molar-refractivity contribution in [2.75, 3.05) is 27.3 Å². The van der Waals surface area contributed by atoms with Gasteiger partial charge in [-0.15, -0.1) is 0 Å². The zero-order valence-corrected chi connectivity index (χ0v) is 18.9. The van der Waals surface area contributed by atoms with E-state index in [0.717, 1.165) is 30.4 Å². The van der Waals surface area contributed by atoms with E-state index >= 15 is 0 Å². The van der Waals surface area contributed by atoms with Crippen molar-refractivity contribution in [3.05, 3.63) is 53.6 Å². The van der Waals surface area contributed by atoms with E-state index in [4.69, 9.17) is 9.47 Å². The zero-order chi connectivity index (χ0) is 22.3. The van der Waals surface area contributed by atoms with Gasteiger partial charge in [0.05, 0.1) is 19.1 Å². The van der Waals surface area contributed by atoms with E-state index in [1.807, 2.05) is 12.1 Å². The molecule has 0 saturated carbocycles. The van der Waals surface area contributed by atoms with Gasteiger partial charge in [0.2, 0.25) is 15.9 Å². The van der Waals surface area contributed by atoms with Crippen molar-refractivity contribution in [1.29, 1.82) is 0 Å². The van der Waals surface area contributed by atoms with Crippen molar-refractivity contribution < 1.29 is 22.7 Å². The van der Waals surface area contributed by atoms with Gasteiger partial charge >= 0.3 is 0 Å². The van der Waals surface area contributed by atoms with Crippen LogP contribution in [0.15, 0.2) is 47.4 Å². The highest BCUT2D eigenvalue weighted by Crippen LogP contribution is 2.30. The molecule has 0 bridgehead atoms. The van der Waals surface area contributed by atoms with Crippen molar-refractivity contribution in [2.24, 2.45) is 0 Å². The number of ether oxygens (including phenoxy) is 2. The number of rotatable bonds is 9. The summed E-state index contributed by atoms with van der Waals surface area (Å²) in [4.78, 5) is 12.6. The van der Waals surface area contributed by atoms with Crippen LogP contribution >= 0.6 is 0 Å². The van der Waals surface area contributed by atoms with Gasteiger partial charge in [-0.1, -0.05) is 30.7 Å². The highest BCUT2D eigenvalue weighted by molar-refractivity contribution is 7.89. The molecule has 1 aliphatic rings. The Labute approximate surface area is 184 Å². The summed E-state index contributed by atoms with van der Waals surface area (Å²) in [5.74, 6) is 1.14. The first-order valence-corrected chi connectivity index (χ1v) is 12.0. The number of aryl methyl sites for hydroxylation is 1. The Morgan fingerprint density at radius 2 is 1.71 bits per heavy atom. The van der Waals surface area contributed by atoms with Gasteiger partial charge < -0.3 is 14.8 Å². The van der Waals surface area contributed by atoms with Crippen LogP contribution in [0.2, 0.25) is 0 Å². The molecule has 168 valence electrons. The summed E-state index contributed by atoms with van der Waals surface area (Å²) in [5.41, 5.74) is 1.76. The molecule has 3 rings (SSSR count). The Balaban J connectivity index is 1.53. The van der Waals surface area contributed by atoms with Crippen LogP contribution in [0.4, 0.5) is 0 Å². The molecule has 1 heterocycles. The number of carbonyl (C=O) groups is 1. The molecule has 1 amide bonds. The molecule has 0 aromatic heterocycles. The average Bonchev–Trinajstić information content (AvgIpc) is 2.81. The first kappa shape index (κ1) is 23.1. The molecule has 2 aromatic carbocycles. The first-order valence-electron chi connectivity index (χ1n) is 10.5.